The minimum atomic E-state index is -1.33. The van der Waals surface area contributed by atoms with Crippen molar-refractivity contribution < 1.29 is 38.7 Å². The molecule has 194 valence electrons. The van der Waals surface area contributed by atoms with E-state index in [0.717, 1.165) is 15.0 Å². The maximum atomic E-state index is 13.4. The molecular formula is C23H24N6O8. The van der Waals surface area contributed by atoms with E-state index in [0.29, 0.717) is 17.3 Å². The van der Waals surface area contributed by atoms with Crippen LogP contribution in [0.25, 0.3) is 10.9 Å². The molecule has 1 aromatic carbocycles. The largest absolute Gasteiger partial charge is 0.481 e. The van der Waals surface area contributed by atoms with Crippen LogP contribution in [0.5, 0.6) is 0 Å². The fourth-order valence-electron chi connectivity index (χ4n) is 4.37. The molecule has 2 unspecified atom stereocenters. The van der Waals surface area contributed by atoms with E-state index in [2.05, 4.69) is 15.7 Å². The van der Waals surface area contributed by atoms with E-state index < -0.39 is 54.0 Å². The predicted molar refractivity (Wildman–Crippen MR) is 124 cm³/mol. The lowest BCUT2D eigenvalue weighted by Crippen LogP contribution is -2.65. The van der Waals surface area contributed by atoms with Crippen LogP contribution in [0.15, 0.2) is 30.5 Å². The highest BCUT2D eigenvalue weighted by molar-refractivity contribution is 6.45. The molecular weight excluding hydrogens is 488 g/mol. The number of benzene rings is 1. The van der Waals surface area contributed by atoms with Crippen molar-refractivity contribution in [1.29, 1.82) is 0 Å². The number of rotatable bonds is 8. The first-order chi connectivity index (χ1) is 17.7. The van der Waals surface area contributed by atoms with Gasteiger partial charge in [-0.15, -0.1) is 0 Å². The fraction of sp³-hybridized carbons (Fsp3) is 0.348. The van der Waals surface area contributed by atoms with Crippen molar-refractivity contribution in [2.45, 2.75) is 37.8 Å². The van der Waals surface area contributed by atoms with Crippen molar-refractivity contribution in [3.8, 4) is 0 Å². The van der Waals surface area contributed by atoms with Crippen molar-refractivity contribution in [3.63, 3.8) is 0 Å². The SMILES string of the molecule is O=CC(CC(=O)O)NC(=O)C1CCCN2C(=O)CCN(NC(=O)C(=O)c3c[nH]c4ccccc34)C(=O)N12. The third-order valence-corrected chi connectivity index (χ3v) is 6.13. The number of H-pyrrole nitrogens is 1. The number of aromatic amines is 1. The average Bonchev–Trinajstić information content (AvgIpc) is 3.28. The van der Waals surface area contributed by atoms with Crippen molar-refractivity contribution in [2.75, 3.05) is 13.1 Å². The topological polar surface area (TPSA) is 189 Å². The van der Waals surface area contributed by atoms with Gasteiger partial charge in [0.2, 0.25) is 11.8 Å². The van der Waals surface area contributed by atoms with Gasteiger partial charge in [-0.3, -0.25) is 29.4 Å². The second-order valence-corrected chi connectivity index (χ2v) is 8.57. The Morgan fingerprint density at radius 3 is 2.65 bits per heavy atom. The number of amides is 5. The number of urea groups is 1. The number of aldehydes is 1. The van der Waals surface area contributed by atoms with Gasteiger partial charge in [0.15, 0.2) is 0 Å². The molecule has 2 fully saturated rings. The molecule has 0 bridgehead atoms. The predicted octanol–water partition coefficient (Wildman–Crippen LogP) is -0.426. The number of carboxylic acid groups (broad SMARTS) is 1. The molecule has 3 heterocycles. The van der Waals surface area contributed by atoms with Gasteiger partial charge in [-0.25, -0.2) is 19.8 Å². The number of carboxylic acids is 1. The first-order valence-electron chi connectivity index (χ1n) is 11.5. The molecule has 0 radical (unpaired) electrons. The number of nitrogens with zero attached hydrogens (tertiary/aromatic N) is 3. The van der Waals surface area contributed by atoms with Crippen LogP contribution in [-0.2, 0) is 24.0 Å². The molecule has 4 rings (SSSR count). The molecule has 14 heteroatoms. The summed E-state index contributed by atoms with van der Waals surface area (Å²) in [4.78, 5) is 89.8. The number of aliphatic carboxylic acids is 1. The molecule has 0 aliphatic carbocycles. The van der Waals surface area contributed by atoms with Gasteiger partial charge in [0.25, 0.3) is 5.78 Å². The molecule has 2 aliphatic heterocycles. The van der Waals surface area contributed by atoms with E-state index in [1.807, 2.05) is 0 Å². The van der Waals surface area contributed by atoms with E-state index in [1.165, 1.54) is 6.20 Å². The number of hydrogen-bond donors (Lipinski definition) is 4. The van der Waals surface area contributed by atoms with Crippen molar-refractivity contribution in [2.24, 2.45) is 0 Å². The summed E-state index contributed by atoms with van der Waals surface area (Å²) in [6.07, 6.45) is 1.29. The van der Waals surface area contributed by atoms with Crippen molar-refractivity contribution in [1.82, 2.24) is 30.8 Å². The van der Waals surface area contributed by atoms with E-state index in [-0.39, 0.29) is 37.8 Å². The first-order valence-corrected chi connectivity index (χ1v) is 11.5. The third-order valence-electron chi connectivity index (χ3n) is 6.13. The number of fused-ring (bicyclic) bond motifs is 2. The number of nitrogens with one attached hydrogen (secondary N) is 3. The highest BCUT2D eigenvalue weighted by atomic mass is 16.4. The maximum Gasteiger partial charge on any atom is 0.358 e. The number of hydrazine groups is 2. The Morgan fingerprint density at radius 2 is 1.92 bits per heavy atom. The Labute approximate surface area is 209 Å². The smallest absolute Gasteiger partial charge is 0.358 e. The molecule has 37 heavy (non-hydrogen) atoms. The standard InChI is InChI=1S/C23H24N6O8/c30-12-13(10-19(32)33)25-21(35)17-6-3-8-28-18(31)7-9-27(23(37)29(17)28)26-22(36)20(34)15-11-24-16-5-2-1-4-14(15)16/h1-2,4-5,11-13,17,24H,3,6-10H2,(H,25,35)(H,26,36)(H,32,33). The number of carbonyl (C=O) groups excluding carboxylic acids is 6. The Hall–Kier alpha value is -4.75. The Kier molecular flexibility index (Phi) is 7.18. The highest BCUT2D eigenvalue weighted by Gasteiger charge is 2.44. The quantitative estimate of drug-likeness (QED) is 0.208. The molecule has 0 spiro atoms. The van der Waals surface area contributed by atoms with Crippen molar-refractivity contribution in [3.05, 3.63) is 36.0 Å². The van der Waals surface area contributed by atoms with Gasteiger partial charge >= 0.3 is 17.9 Å². The monoisotopic (exact) mass is 512 g/mol. The molecule has 2 atom stereocenters. The summed E-state index contributed by atoms with van der Waals surface area (Å²) >= 11 is 0. The molecule has 2 aliphatic rings. The van der Waals surface area contributed by atoms with Crippen LogP contribution in [-0.4, -0.2) is 92.1 Å². The van der Waals surface area contributed by atoms with Crippen LogP contribution in [0.3, 0.4) is 0 Å². The average molecular weight is 512 g/mol. The zero-order chi connectivity index (χ0) is 26.7. The minimum absolute atomic E-state index is 0.0987. The Bertz CT molecular complexity index is 1290. The molecule has 1 aromatic heterocycles. The van der Waals surface area contributed by atoms with E-state index in [9.17, 15) is 33.6 Å². The molecule has 2 aromatic rings. The van der Waals surface area contributed by atoms with Gasteiger partial charge in [0.1, 0.15) is 12.3 Å². The lowest BCUT2D eigenvalue weighted by molar-refractivity contribution is -0.155. The second kappa shape index (κ2) is 10.5. The lowest BCUT2D eigenvalue weighted by Gasteiger charge is -2.42. The van der Waals surface area contributed by atoms with Crippen LogP contribution in [0.4, 0.5) is 4.79 Å². The first kappa shape index (κ1) is 25.3. The van der Waals surface area contributed by atoms with Crippen LogP contribution < -0.4 is 10.7 Å². The summed E-state index contributed by atoms with van der Waals surface area (Å²) < 4.78 is 0. The van der Waals surface area contributed by atoms with Crippen LogP contribution in [0.2, 0.25) is 0 Å². The number of para-hydroxylation sites is 1. The molecule has 2 saturated heterocycles. The van der Waals surface area contributed by atoms with Crippen molar-refractivity contribution >= 4 is 52.7 Å². The summed E-state index contributed by atoms with van der Waals surface area (Å²) in [5.41, 5.74) is 2.99. The molecule has 14 nitrogen and oxygen atoms in total. The number of Topliss-reactive ketones (excluding diaryl/α,β-unsaturated/α-hetero) is 1. The Balaban J connectivity index is 1.53. The van der Waals surface area contributed by atoms with Crippen LogP contribution >= 0.6 is 0 Å². The number of aromatic nitrogens is 1. The van der Waals surface area contributed by atoms with Gasteiger partial charge in [-0.1, -0.05) is 18.2 Å². The summed E-state index contributed by atoms with van der Waals surface area (Å²) in [5.74, 6) is -4.64. The van der Waals surface area contributed by atoms with Gasteiger partial charge in [0, 0.05) is 30.1 Å². The molecule has 5 amide bonds. The van der Waals surface area contributed by atoms with Crippen LogP contribution in [0.1, 0.15) is 36.0 Å². The number of carbonyl (C=O) groups is 7. The van der Waals surface area contributed by atoms with E-state index in [1.54, 1.807) is 24.3 Å². The van der Waals surface area contributed by atoms with Gasteiger partial charge in [-0.2, -0.15) is 0 Å². The summed E-state index contributed by atoms with van der Waals surface area (Å²) in [6, 6.07) is 3.36. The summed E-state index contributed by atoms with van der Waals surface area (Å²) in [5, 5.41) is 14.5. The van der Waals surface area contributed by atoms with E-state index >= 15 is 0 Å². The minimum Gasteiger partial charge on any atom is -0.481 e. The van der Waals surface area contributed by atoms with E-state index in [4.69, 9.17) is 5.11 Å². The van der Waals surface area contributed by atoms with Gasteiger partial charge in [0.05, 0.1) is 24.6 Å². The zero-order valence-electron chi connectivity index (χ0n) is 19.5. The zero-order valence-corrected chi connectivity index (χ0v) is 19.5. The maximum absolute atomic E-state index is 13.4. The Morgan fingerprint density at radius 1 is 1.16 bits per heavy atom. The molecule has 4 N–H and O–H groups in total. The van der Waals surface area contributed by atoms with Gasteiger partial charge < -0.3 is 20.2 Å². The summed E-state index contributed by atoms with van der Waals surface area (Å²) in [6.45, 7) is -0.113. The number of hydrogen-bond acceptors (Lipinski definition) is 7. The third kappa shape index (κ3) is 5.12. The second-order valence-electron chi connectivity index (χ2n) is 8.57. The summed E-state index contributed by atoms with van der Waals surface area (Å²) in [7, 11) is 0. The highest BCUT2D eigenvalue weighted by Crippen LogP contribution is 2.24. The van der Waals surface area contributed by atoms with Gasteiger partial charge in [-0.05, 0) is 18.9 Å². The lowest BCUT2D eigenvalue weighted by atomic mass is 10.1. The normalized spacial score (nSPS) is 18.6. The molecule has 0 saturated carbocycles. The number of ketones is 1. The fourth-order valence-corrected chi connectivity index (χ4v) is 4.37. The van der Waals surface area contributed by atoms with Crippen LogP contribution in [0, 0.1) is 0 Å².